The number of phenols is 2. The number of benzene rings is 1. The van der Waals surface area contributed by atoms with Crippen LogP contribution in [0.5, 0.6) is 11.5 Å². The number of likely N-dealkylation sites (tertiary alicyclic amines) is 1. The van der Waals surface area contributed by atoms with Crippen LogP contribution in [0.1, 0.15) is 23.2 Å². The molecule has 5 nitrogen and oxygen atoms in total. The van der Waals surface area contributed by atoms with Crippen LogP contribution in [0.25, 0.3) is 0 Å². The number of nitrogens with zero attached hydrogens (tertiary/aromatic N) is 2. The number of carbonyl (C=O) groups is 1. The normalized spacial score (nSPS) is 17.3. The lowest BCUT2D eigenvalue weighted by Gasteiger charge is -2.31. The molecule has 0 amide bonds. The largest absolute Gasteiger partial charge is 0.504 e. The van der Waals surface area contributed by atoms with Gasteiger partial charge in [-0.3, -0.25) is 9.69 Å². The van der Waals surface area contributed by atoms with Gasteiger partial charge >= 0.3 is 0 Å². The van der Waals surface area contributed by atoms with Crippen molar-refractivity contribution in [2.75, 3.05) is 40.3 Å². The summed E-state index contributed by atoms with van der Waals surface area (Å²) in [6.45, 7) is 3.50. The van der Waals surface area contributed by atoms with E-state index in [1.165, 1.54) is 25.0 Å². The first-order chi connectivity index (χ1) is 9.95. The molecule has 2 N–H and O–H groups in total. The number of Topliss-reactive ketones (excluding diaryl/α,β-unsaturated/α-hetero) is 1. The van der Waals surface area contributed by atoms with Gasteiger partial charge in [-0.15, -0.1) is 0 Å². The average molecular weight is 292 g/mol. The van der Waals surface area contributed by atoms with Gasteiger partial charge in [0.25, 0.3) is 0 Å². The van der Waals surface area contributed by atoms with Crippen LogP contribution >= 0.6 is 0 Å². The molecule has 2 rings (SSSR count). The zero-order chi connectivity index (χ0) is 15.4. The lowest BCUT2D eigenvalue weighted by Crippen LogP contribution is -2.37. The Kier molecular flexibility index (Phi) is 5.20. The van der Waals surface area contributed by atoms with Crippen molar-refractivity contribution in [2.45, 2.75) is 12.8 Å². The number of rotatable bonds is 5. The molecular formula is C16H24N2O3. The molecule has 0 atom stereocenters. The van der Waals surface area contributed by atoms with Crippen molar-refractivity contribution in [3.63, 3.8) is 0 Å². The van der Waals surface area contributed by atoms with Crippen molar-refractivity contribution in [1.29, 1.82) is 0 Å². The zero-order valence-electron chi connectivity index (χ0n) is 12.7. The lowest BCUT2D eigenvalue weighted by atomic mass is 9.96. The van der Waals surface area contributed by atoms with Gasteiger partial charge in [-0.2, -0.15) is 0 Å². The molecule has 1 heterocycles. The van der Waals surface area contributed by atoms with Gasteiger partial charge < -0.3 is 15.1 Å². The lowest BCUT2D eigenvalue weighted by molar-refractivity contribution is 0.0924. The maximum absolute atomic E-state index is 12.2. The quantitative estimate of drug-likeness (QED) is 0.637. The highest BCUT2D eigenvalue weighted by atomic mass is 16.3. The summed E-state index contributed by atoms with van der Waals surface area (Å²) in [6, 6.07) is 4.21. The Morgan fingerprint density at radius 3 is 2.57 bits per heavy atom. The van der Waals surface area contributed by atoms with Crippen molar-refractivity contribution in [1.82, 2.24) is 9.80 Å². The number of phenolic OH excluding ortho intramolecular Hbond substituents is 2. The van der Waals surface area contributed by atoms with E-state index in [-0.39, 0.29) is 17.3 Å². The molecule has 1 aromatic carbocycles. The van der Waals surface area contributed by atoms with E-state index in [4.69, 9.17) is 0 Å². The Labute approximate surface area is 125 Å². The predicted octanol–water partition coefficient (Wildman–Crippen LogP) is 1.55. The molecule has 0 aliphatic carbocycles. The summed E-state index contributed by atoms with van der Waals surface area (Å²) in [6.07, 6.45) is 2.35. The van der Waals surface area contributed by atoms with Gasteiger partial charge in [0.2, 0.25) is 0 Å². The third kappa shape index (κ3) is 4.44. The predicted molar refractivity (Wildman–Crippen MR) is 81.8 cm³/mol. The van der Waals surface area contributed by atoms with Crippen LogP contribution in [0, 0.1) is 5.92 Å². The summed E-state index contributed by atoms with van der Waals surface area (Å²) in [4.78, 5) is 16.5. The van der Waals surface area contributed by atoms with Gasteiger partial charge in [0.15, 0.2) is 17.3 Å². The second-order valence-corrected chi connectivity index (χ2v) is 6.07. The molecule has 5 heteroatoms. The van der Waals surface area contributed by atoms with E-state index in [2.05, 4.69) is 11.9 Å². The van der Waals surface area contributed by atoms with Gasteiger partial charge in [-0.25, -0.2) is 0 Å². The van der Waals surface area contributed by atoms with Crippen molar-refractivity contribution in [3.05, 3.63) is 23.8 Å². The highest BCUT2D eigenvalue weighted by Gasteiger charge is 2.19. The number of hydrogen-bond acceptors (Lipinski definition) is 5. The molecule has 0 saturated carbocycles. The maximum atomic E-state index is 12.2. The number of piperidine rings is 1. The van der Waals surface area contributed by atoms with Gasteiger partial charge in [0.1, 0.15) is 0 Å². The Morgan fingerprint density at radius 2 is 1.95 bits per heavy atom. The molecular weight excluding hydrogens is 268 g/mol. The number of hydrogen-bond donors (Lipinski definition) is 2. The Bertz CT molecular complexity index is 496. The van der Waals surface area contributed by atoms with Crippen LogP contribution in [-0.4, -0.2) is 66.1 Å². The topological polar surface area (TPSA) is 64.0 Å². The van der Waals surface area contributed by atoms with Crippen molar-refractivity contribution < 1.29 is 15.0 Å². The minimum absolute atomic E-state index is 0.0410. The summed E-state index contributed by atoms with van der Waals surface area (Å²) in [5, 5.41) is 18.7. The van der Waals surface area contributed by atoms with E-state index in [9.17, 15) is 15.0 Å². The molecule has 0 aromatic heterocycles. The molecule has 0 unspecified atom stereocenters. The minimum Gasteiger partial charge on any atom is -0.504 e. The molecule has 0 spiro atoms. The second kappa shape index (κ2) is 6.91. The third-order valence-electron chi connectivity index (χ3n) is 4.12. The first-order valence-corrected chi connectivity index (χ1v) is 7.38. The van der Waals surface area contributed by atoms with Crippen LogP contribution in [0.2, 0.25) is 0 Å². The standard InChI is InChI=1S/C16H24N2O3/c1-17-7-5-12(6-8-17)10-18(2)11-16(21)13-3-4-14(19)15(20)9-13/h3-4,9,12,19-20H,5-8,10-11H2,1-2H3. The van der Waals surface area contributed by atoms with E-state index >= 15 is 0 Å². The van der Waals surface area contributed by atoms with E-state index in [1.807, 2.05) is 11.9 Å². The SMILES string of the molecule is CN1CCC(CN(C)CC(=O)c2ccc(O)c(O)c2)CC1. The molecule has 1 aliphatic rings. The van der Waals surface area contributed by atoms with Gasteiger partial charge in [-0.1, -0.05) is 0 Å². The Balaban J connectivity index is 1.85. The molecule has 0 radical (unpaired) electrons. The van der Waals surface area contributed by atoms with Crippen molar-refractivity contribution in [3.8, 4) is 11.5 Å². The first kappa shape index (κ1) is 15.8. The van der Waals surface area contributed by atoms with Crippen LogP contribution in [0.15, 0.2) is 18.2 Å². The minimum atomic E-state index is -0.251. The van der Waals surface area contributed by atoms with Crippen LogP contribution < -0.4 is 0 Å². The fraction of sp³-hybridized carbons (Fsp3) is 0.562. The number of carbonyl (C=O) groups excluding carboxylic acids is 1. The van der Waals surface area contributed by atoms with Crippen LogP contribution in [0.4, 0.5) is 0 Å². The van der Waals surface area contributed by atoms with Crippen molar-refractivity contribution in [2.24, 2.45) is 5.92 Å². The smallest absolute Gasteiger partial charge is 0.176 e. The Morgan fingerprint density at radius 1 is 1.29 bits per heavy atom. The van der Waals surface area contributed by atoms with Gasteiger partial charge in [0.05, 0.1) is 6.54 Å². The highest BCUT2D eigenvalue weighted by Crippen LogP contribution is 2.25. The summed E-state index contributed by atoms with van der Waals surface area (Å²) >= 11 is 0. The summed E-state index contributed by atoms with van der Waals surface area (Å²) in [5.41, 5.74) is 0.431. The number of ketones is 1. The molecule has 1 aliphatic heterocycles. The number of aromatic hydroxyl groups is 2. The summed E-state index contributed by atoms with van der Waals surface area (Å²) in [7, 11) is 4.09. The third-order valence-corrected chi connectivity index (χ3v) is 4.12. The van der Waals surface area contributed by atoms with Gasteiger partial charge in [-0.05, 0) is 64.1 Å². The van der Waals surface area contributed by atoms with E-state index in [0.29, 0.717) is 18.0 Å². The Hall–Kier alpha value is -1.59. The van der Waals surface area contributed by atoms with Crippen molar-refractivity contribution >= 4 is 5.78 Å². The summed E-state index contributed by atoms with van der Waals surface area (Å²) < 4.78 is 0. The zero-order valence-corrected chi connectivity index (χ0v) is 12.7. The fourth-order valence-electron chi connectivity index (χ4n) is 2.78. The first-order valence-electron chi connectivity index (χ1n) is 7.38. The van der Waals surface area contributed by atoms with Crippen LogP contribution in [-0.2, 0) is 0 Å². The molecule has 1 saturated heterocycles. The van der Waals surface area contributed by atoms with E-state index in [0.717, 1.165) is 19.6 Å². The molecule has 0 bridgehead atoms. The molecule has 116 valence electrons. The monoisotopic (exact) mass is 292 g/mol. The fourth-order valence-corrected chi connectivity index (χ4v) is 2.78. The van der Waals surface area contributed by atoms with Gasteiger partial charge in [0, 0.05) is 12.1 Å². The van der Waals surface area contributed by atoms with Crippen LogP contribution in [0.3, 0.4) is 0 Å². The molecule has 1 aromatic rings. The highest BCUT2D eigenvalue weighted by molar-refractivity contribution is 5.98. The van der Waals surface area contributed by atoms with E-state index in [1.54, 1.807) is 6.07 Å². The maximum Gasteiger partial charge on any atom is 0.176 e. The van der Waals surface area contributed by atoms with E-state index < -0.39 is 0 Å². The average Bonchev–Trinajstić information content (AvgIpc) is 2.44. The molecule has 1 fully saturated rings. The molecule has 21 heavy (non-hydrogen) atoms. The number of likely N-dealkylation sites (N-methyl/N-ethyl adjacent to an activating group) is 1. The second-order valence-electron chi connectivity index (χ2n) is 6.07. The summed E-state index contributed by atoms with van der Waals surface area (Å²) in [5.74, 6) is 0.151.